The fraction of sp³-hybridized carbons (Fsp3) is 0.857. The summed E-state index contributed by atoms with van der Waals surface area (Å²) < 4.78 is 0. The van der Waals surface area contributed by atoms with Crippen molar-refractivity contribution in [3.8, 4) is 0 Å². The lowest BCUT2D eigenvalue weighted by molar-refractivity contribution is 0.229. The van der Waals surface area contributed by atoms with E-state index < -0.39 is 0 Å². The van der Waals surface area contributed by atoms with Crippen LogP contribution in [-0.2, 0) is 0 Å². The highest BCUT2D eigenvalue weighted by Gasteiger charge is 2.36. The molecular formula is C7H13N3S. The quantitative estimate of drug-likeness (QED) is 0.467. The molecule has 2 fully saturated rings. The molecule has 2 rings (SSSR count). The second-order valence-electron chi connectivity index (χ2n) is 3.35. The Kier molecular flexibility index (Phi) is 1.73. The molecule has 62 valence electrons. The van der Waals surface area contributed by atoms with E-state index >= 15 is 0 Å². The number of nitrogens with one attached hydrogen (secondary N) is 3. The van der Waals surface area contributed by atoms with Crippen LogP contribution in [-0.4, -0.2) is 10.8 Å². The predicted molar refractivity (Wildman–Crippen MR) is 47.8 cm³/mol. The molecule has 3 nitrogen and oxygen atoms in total. The van der Waals surface area contributed by atoms with E-state index in [0.29, 0.717) is 0 Å². The van der Waals surface area contributed by atoms with Crippen molar-refractivity contribution >= 4 is 17.3 Å². The third kappa shape index (κ3) is 1.32. The van der Waals surface area contributed by atoms with Gasteiger partial charge in [-0.2, -0.15) is 0 Å². The van der Waals surface area contributed by atoms with Gasteiger partial charge >= 0.3 is 0 Å². The number of thiocarbonyl (C=S) groups is 1. The summed E-state index contributed by atoms with van der Waals surface area (Å²) in [5.74, 6) is 0. The van der Waals surface area contributed by atoms with Gasteiger partial charge in [-0.3, -0.25) is 5.43 Å². The van der Waals surface area contributed by atoms with Gasteiger partial charge in [0.25, 0.3) is 0 Å². The smallest absolute Gasteiger partial charge is 0.182 e. The maximum Gasteiger partial charge on any atom is 0.182 e. The summed E-state index contributed by atoms with van der Waals surface area (Å²) in [7, 11) is 0. The van der Waals surface area contributed by atoms with Crippen LogP contribution in [0.1, 0.15) is 32.1 Å². The standard InChI is InChI=1S/C7H13N3S/c11-6-8-7(10-9-6)4-2-1-3-5-7/h10H,1-5H2,(H2,8,9,11). The Morgan fingerprint density at radius 3 is 2.45 bits per heavy atom. The Hall–Kier alpha value is -0.350. The van der Waals surface area contributed by atoms with Gasteiger partial charge in [0.05, 0.1) is 0 Å². The van der Waals surface area contributed by atoms with Gasteiger partial charge < -0.3 is 5.32 Å². The fourth-order valence-corrected chi connectivity index (χ4v) is 2.11. The summed E-state index contributed by atoms with van der Waals surface area (Å²) in [6.07, 6.45) is 6.31. The van der Waals surface area contributed by atoms with Gasteiger partial charge in [-0.25, -0.2) is 5.43 Å². The molecule has 1 saturated carbocycles. The Labute approximate surface area is 71.9 Å². The average molecular weight is 171 g/mol. The first-order chi connectivity index (χ1) is 5.31. The molecule has 0 amide bonds. The van der Waals surface area contributed by atoms with Gasteiger partial charge in [-0.1, -0.05) is 6.42 Å². The van der Waals surface area contributed by atoms with Crippen LogP contribution in [0.4, 0.5) is 0 Å². The van der Waals surface area contributed by atoms with Crippen LogP contribution in [0.5, 0.6) is 0 Å². The summed E-state index contributed by atoms with van der Waals surface area (Å²) in [4.78, 5) is 0. The molecular weight excluding hydrogens is 158 g/mol. The largest absolute Gasteiger partial charge is 0.342 e. The van der Waals surface area contributed by atoms with Crippen LogP contribution in [0, 0.1) is 0 Å². The number of rotatable bonds is 0. The molecule has 1 aliphatic carbocycles. The van der Waals surface area contributed by atoms with Crippen molar-refractivity contribution < 1.29 is 0 Å². The van der Waals surface area contributed by atoms with Crippen LogP contribution in [0.15, 0.2) is 0 Å². The van der Waals surface area contributed by atoms with Crippen molar-refractivity contribution in [2.45, 2.75) is 37.8 Å². The number of hydrazine groups is 1. The molecule has 1 heterocycles. The van der Waals surface area contributed by atoms with Crippen molar-refractivity contribution in [1.29, 1.82) is 0 Å². The second kappa shape index (κ2) is 2.60. The lowest BCUT2D eigenvalue weighted by Gasteiger charge is -2.32. The van der Waals surface area contributed by atoms with E-state index in [9.17, 15) is 0 Å². The number of hydrogen-bond donors (Lipinski definition) is 3. The summed E-state index contributed by atoms with van der Waals surface area (Å²) >= 11 is 4.99. The zero-order chi connectivity index (χ0) is 7.73. The lowest BCUT2D eigenvalue weighted by atomic mass is 9.90. The average Bonchev–Trinajstić information content (AvgIpc) is 2.34. The minimum absolute atomic E-state index is 0.0926. The van der Waals surface area contributed by atoms with Crippen molar-refractivity contribution in [3.63, 3.8) is 0 Å². The van der Waals surface area contributed by atoms with Crippen LogP contribution in [0.3, 0.4) is 0 Å². The normalized spacial score (nSPS) is 28.2. The van der Waals surface area contributed by atoms with Gasteiger partial charge in [0, 0.05) is 0 Å². The zero-order valence-corrected chi connectivity index (χ0v) is 7.26. The SMILES string of the molecule is S=C1NNC2(CCCCC2)N1. The van der Waals surface area contributed by atoms with Crippen molar-refractivity contribution in [2.75, 3.05) is 0 Å². The molecule has 0 aromatic heterocycles. The van der Waals surface area contributed by atoms with Crippen LogP contribution < -0.4 is 16.2 Å². The summed E-state index contributed by atoms with van der Waals surface area (Å²) in [5, 5.41) is 4.02. The first-order valence-corrected chi connectivity index (χ1v) is 4.57. The van der Waals surface area contributed by atoms with E-state index in [1.165, 1.54) is 32.1 Å². The highest BCUT2D eigenvalue weighted by atomic mass is 32.1. The predicted octanol–water partition coefficient (Wildman–Crippen LogP) is 0.629. The Bertz CT molecular complexity index is 175. The molecule has 1 aliphatic heterocycles. The minimum Gasteiger partial charge on any atom is -0.342 e. The van der Waals surface area contributed by atoms with Gasteiger partial charge in [-0.05, 0) is 37.9 Å². The molecule has 0 aromatic carbocycles. The summed E-state index contributed by atoms with van der Waals surface area (Å²) in [5.41, 5.74) is 6.26. The molecule has 0 radical (unpaired) electrons. The second-order valence-corrected chi connectivity index (χ2v) is 3.76. The third-order valence-corrected chi connectivity index (χ3v) is 2.68. The third-order valence-electron chi connectivity index (χ3n) is 2.48. The highest BCUT2D eigenvalue weighted by Crippen LogP contribution is 2.26. The molecule has 3 N–H and O–H groups in total. The van der Waals surface area contributed by atoms with Gasteiger partial charge in [0.2, 0.25) is 0 Å². The first-order valence-electron chi connectivity index (χ1n) is 4.16. The zero-order valence-electron chi connectivity index (χ0n) is 6.44. The molecule has 0 unspecified atom stereocenters. The van der Waals surface area contributed by atoms with Crippen LogP contribution >= 0.6 is 12.2 Å². The molecule has 1 saturated heterocycles. The van der Waals surface area contributed by atoms with E-state index in [0.717, 1.165) is 5.11 Å². The Balaban J connectivity index is 2.03. The van der Waals surface area contributed by atoms with Crippen LogP contribution in [0.25, 0.3) is 0 Å². The van der Waals surface area contributed by atoms with E-state index in [-0.39, 0.29) is 5.66 Å². The highest BCUT2D eigenvalue weighted by molar-refractivity contribution is 7.80. The molecule has 4 heteroatoms. The molecule has 11 heavy (non-hydrogen) atoms. The molecule has 1 spiro atoms. The van der Waals surface area contributed by atoms with Crippen molar-refractivity contribution in [2.24, 2.45) is 0 Å². The molecule has 0 aromatic rings. The Morgan fingerprint density at radius 2 is 1.91 bits per heavy atom. The summed E-state index contributed by atoms with van der Waals surface area (Å²) in [6, 6.07) is 0. The summed E-state index contributed by atoms with van der Waals surface area (Å²) in [6.45, 7) is 0. The lowest BCUT2D eigenvalue weighted by Crippen LogP contribution is -2.51. The van der Waals surface area contributed by atoms with Crippen molar-refractivity contribution in [1.82, 2.24) is 16.2 Å². The fourth-order valence-electron chi connectivity index (χ4n) is 1.86. The topological polar surface area (TPSA) is 36.1 Å². The van der Waals surface area contributed by atoms with Gasteiger partial charge in [-0.15, -0.1) is 0 Å². The van der Waals surface area contributed by atoms with E-state index in [4.69, 9.17) is 12.2 Å². The van der Waals surface area contributed by atoms with Crippen molar-refractivity contribution in [3.05, 3.63) is 0 Å². The minimum atomic E-state index is 0.0926. The van der Waals surface area contributed by atoms with Crippen LogP contribution in [0.2, 0.25) is 0 Å². The maximum atomic E-state index is 4.99. The monoisotopic (exact) mass is 171 g/mol. The van der Waals surface area contributed by atoms with E-state index in [1.54, 1.807) is 0 Å². The van der Waals surface area contributed by atoms with E-state index in [1.807, 2.05) is 0 Å². The first kappa shape index (κ1) is 7.31. The van der Waals surface area contributed by atoms with E-state index in [2.05, 4.69) is 16.2 Å². The van der Waals surface area contributed by atoms with Gasteiger partial charge in [0.15, 0.2) is 5.11 Å². The maximum absolute atomic E-state index is 4.99. The molecule has 2 aliphatic rings. The number of hydrogen-bond acceptors (Lipinski definition) is 2. The Morgan fingerprint density at radius 1 is 1.18 bits per heavy atom. The van der Waals surface area contributed by atoms with Gasteiger partial charge in [0.1, 0.15) is 5.66 Å². The molecule has 0 atom stereocenters. The molecule has 0 bridgehead atoms.